The molecule has 1 atom stereocenters. The second kappa shape index (κ2) is 5.13. The molecule has 1 fully saturated rings. The topological polar surface area (TPSA) is 21.3 Å². The summed E-state index contributed by atoms with van der Waals surface area (Å²) in [5.74, 6) is 0. The maximum atomic E-state index is 5.41. The lowest BCUT2D eigenvalue weighted by molar-refractivity contribution is 0.0233. The van der Waals surface area contributed by atoms with Crippen molar-refractivity contribution in [1.29, 1.82) is 0 Å². The molecule has 2 rings (SSSR count). The molecule has 2 heteroatoms. The summed E-state index contributed by atoms with van der Waals surface area (Å²) in [6.07, 6.45) is 11.0. The number of rotatable bonds is 3. The van der Waals surface area contributed by atoms with Crippen LogP contribution in [-0.4, -0.2) is 25.8 Å². The van der Waals surface area contributed by atoms with Gasteiger partial charge in [-0.05, 0) is 37.5 Å². The fourth-order valence-electron chi connectivity index (χ4n) is 2.40. The van der Waals surface area contributed by atoms with Crippen LogP contribution < -0.4 is 5.32 Å². The van der Waals surface area contributed by atoms with E-state index in [-0.39, 0.29) is 0 Å². The quantitative estimate of drug-likeness (QED) is 0.721. The van der Waals surface area contributed by atoms with Crippen molar-refractivity contribution in [3.05, 3.63) is 12.2 Å². The van der Waals surface area contributed by atoms with E-state index >= 15 is 0 Å². The molecule has 2 nitrogen and oxygen atoms in total. The third-order valence-corrected chi connectivity index (χ3v) is 3.75. The molecule has 15 heavy (non-hydrogen) atoms. The van der Waals surface area contributed by atoms with Crippen molar-refractivity contribution in [3.63, 3.8) is 0 Å². The average Bonchev–Trinajstić information content (AvgIpc) is 2.29. The summed E-state index contributed by atoms with van der Waals surface area (Å²) in [7, 11) is 0. The van der Waals surface area contributed by atoms with Crippen LogP contribution in [0.25, 0.3) is 0 Å². The number of hydrogen-bond donors (Lipinski definition) is 1. The van der Waals surface area contributed by atoms with Crippen LogP contribution in [0.5, 0.6) is 0 Å². The largest absolute Gasteiger partial charge is 0.381 e. The summed E-state index contributed by atoms with van der Waals surface area (Å²) < 4.78 is 5.41. The Labute approximate surface area is 93.1 Å². The van der Waals surface area contributed by atoms with E-state index in [9.17, 15) is 0 Å². The van der Waals surface area contributed by atoms with Crippen molar-refractivity contribution in [1.82, 2.24) is 5.32 Å². The lowest BCUT2D eigenvalue weighted by Gasteiger charge is -2.35. The van der Waals surface area contributed by atoms with E-state index in [1.165, 1.54) is 32.1 Å². The Morgan fingerprint density at radius 3 is 2.87 bits per heavy atom. The van der Waals surface area contributed by atoms with Gasteiger partial charge in [0.1, 0.15) is 0 Å². The van der Waals surface area contributed by atoms with Gasteiger partial charge in [-0.1, -0.05) is 19.1 Å². The third kappa shape index (κ3) is 3.32. The van der Waals surface area contributed by atoms with Crippen LogP contribution in [-0.2, 0) is 4.74 Å². The van der Waals surface area contributed by atoms with Gasteiger partial charge in [0.2, 0.25) is 0 Å². The van der Waals surface area contributed by atoms with E-state index in [1.807, 2.05) is 0 Å². The smallest absolute Gasteiger partial charge is 0.0471 e. The molecule has 86 valence electrons. The zero-order valence-corrected chi connectivity index (χ0v) is 9.80. The van der Waals surface area contributed by atoms with Crippen molar-refractivity contribution in [3.8, 4) is 0 Å². The Morgan fingerprint density at radius 1 is 1.40 bits per heavy atom. The fraction of sp³-hybridized carbons (Fsp3) is 0.846. The van der Waals surface area contributed by atoms with Gasteiger partial charge in [0, 0.05) is 25.8 Å². The third-order valence-electron chi connectivity index (χ3n) is 3.75. The number of hydrogen-bond acceptors (Lipinski definition) is 2. The molecule has 1 aliphatic carbocycles. The highest BCUT2D eigenvalue weighted by molar-refractivity contribution is 4.98. The van der Waals surface area contributed by atoms with E-state index in [0.717, 1.165) is 19.8 Å². The standard InChI is InChI=1S/C13H23NO/c1-13(7-9-15-10-8-13)11-14-12-5-3-2-4-6-12/h3,5,12,14H,2,4,6-11H2,1H3. The van der Waals surface area contributed by atoms with Crippen LogP contribution in [0.4, 0.5) is 0 Å². The van der Waals surface area contributed by atoms with Crippen LogP contribution in [0.2, 0.25) is 0 Å². The summed E-state index contributed by atoms with van der Waals surface area (Å²) in [6.45, 7) is 5.41. The molecule has 1 aliphatic heterocycles. The van der Waals surface area contributed by atoms with Gasteiger partial charge in [-0.3, -0.25) is 0 Å². The first-order valence-electron chi connectivity index (χ1n) is 6.26. The molecule has 0 amide bonds. The SMILES string of the molecule is CC1(CNC2C=CCCC2)CCOCC1. The zero-order chi connectivity index (χ0) is 10.6. The van der Waals surface area contributed by atoms with Gasteiger partial charge in [-0.2, -0.15) is 0 Å². The minimum atomic E-state index is 0.462. The number of ether oxygens (including phenoxy) is 1. The lowest BCUT2D eigenvalue weighted by Crippen LogP contribution is -2.41. The van der Waals surface area contributed by atoms with Gasteiger partial charge in [0.15, 0.2) is 0 Å². The van der Waals surface area contributed by atoms with E-state index in [1.54, 1.807) is 0 Å². The second-order valence-electron chi connectivity index (χ2n) is 5.27. The molecule has 0 aromatic heterocycles. The molecular formula is C13H23NO. The summed E-state index contributed by atoms with van der Waals surface area (Å²) in [5, 5.41) is 3.69. The zero-order valence-electron chi connectivity index (χ0n) is 9.80. The lowest BCUT2D eigenvalue weighted by atomic mass is 9.82. The van der Waals surface area contributed by atoms with Crippen molar-refractivity contribution >= 4 is 0 Å². The minimum absolute atomic E-state index is 0.462. The van der Waals surface area contributed by atoms with Gasteiger partial charge in [0.25, 0.3) is 0 Å². The Bertz CT molecular complexity index is 219. The first kappa shape index (κ1) is 11.2. The van der Waals surface area contributed by atoms with E-state index in [4.69, 9.17) is 4.74 Å². The molecule has 0 radical (unpaired) electrons. The van der Waals surface area contributed by atoms with E-state index in [2.05, 4.69) is 24.4 Å². The molecule has 1 heterocycles. The first-order valence-corrected chi connectivity index (χ1v) is 6.26. The molecule has 1 N–H and O–H groups in total. The Hall–Kier alpha value is -0.340. The van der Waals surface area contributed by atoms with Crippen molar-refractivity contribution in [2.75, 3.05) is 19.8 Å². The highest BCUT2D eigenvalue weighted by Crippen LogP contribution is 2.29. The monoisotopic (exact) mass is 209 g/mol. The maximum absolute atomic E-state index is 5.41. The van der Waals surface area contributed by atoms with E-state index in [0.29, 0.717) is 11.5 Å². The molecular weight excluding hydrogens is 186 g/mol. The molecule has 2 aliphatic rings. The molecule has 0 aromatic rings. The molecule has 0 bridgehead atoms. The minimum Gasteiger partial charge on any atom is -0.381 e. The Morgan fingerprint density at radius 2 is 2.20 bits per heavy atom. The van der Waals surface area contributed by atoms with Crippen LogP contribution >= 0.6 is 0 Å². The molecule has 0 spiro atoms. The van der Waals surface area contributed by atoms with Gasteiger partial charge in [-0.25, -0.2) is 0 Å². The van der Waals surface area contributed by atoms with Crippen LogP contribution in [0.15, 0.2) is 12.2 Å². The summed E-state index contributed by atoms with van der Waals surface area (Å²) >= 11 is 0. The highest BCUT2D eigenvalue weighted by atomic mass is 16.5. The normalized spacial score (nSPS) is 30.3. The maximum Gasteiger partial charge on any atom is 0.0471 e. The second-order valence-corrected chi connectivity index (χ2v) is 5.27. The van der Waals surface area contributed by atoms with Gasteiger partial charge in [-0.15, -0.1) is 0 Å². The predicted octanol–water partition coefficient (Wildman–Crippen LogP) is 2.50. The molecule has 1 saturated heterocycles. The average molecular weight is 209 g/mol. The van der Waals surface area contributed by atoms with Crippen LogP contribution in [0.1, 0.15) is 39.0 Å². The van der Waals surface area contributed by atoms with Crippen LogP contribution in [0.3, 0.4) is 0 Å². The Balaban J connectivity index is 1.75. The summed E-state index contributed by atoms with van der Waals surface area (Å²) in [4.78, 5) is 0. The van der Waals surface area contributed by atoms with Gasteiger partial charge < -0.3 is 10.1 Å². The molecule has 0 aromatic carbocycles. The first-order chi connectivity index (χ1) is 7.29. The van der Waals surface area contributed by atoms with Crippen LogP contribution in [0, 0.1) is 5.41 Å². The summed E-state index contributed by atoms with van der Waals surface area (Å²) in [6, 6.07) is 0.624. The Kier molecular flexibility index (Phi) is 3.81. The van der Waals surface area contributed by atoms with Crippen molar-refractivity contribution < 1.29 is 4.74 Å². The van der Waals surface area contributed by atoms with Gasteiger partial charge in [0.05, 0.1) is 0 Å². The molecule has 0 saturated carbocycles. The number of nitrogens with one attached hydrogen (secondary N) is 1. The molecule has 1 unspecified atom stereocenters. The fourth-order valence-corrected chi connectivity index (χ4v) is 2.40. The number of allylic oxidation sites excluding steroid dienone is 1. The van der Waals surface area contributed by atoms with Gasteiger partial charge >= 0.3 is 0 Å². The predicted molar refractivity (Wildman–Crippen MR) is 62.9 cm³/mol. The highest BCUT2D eigenvalue weighted by Gasteiger charge is 2.27. The van der Waals surface area contributed by atoms with Crippen molar-refractivity contribution in [2.24, 2.45) is 5.41 Å². The summed E-state index contributed by atoms with van der Waals surface area (Å²) in [5.41, 5.74) is 0.462. The van der Waals surface area contributed by atoms with Crippen molar-refractivity contribution in [2.45, 2.75) is 45.1 Å². The van der Waals surface area contributed by atoms with E-state index < -0.39 is 0 Å².